The number of carbonyl (C=O) groups excluding carboxylic acids is 1. The smallest absolute Gasteiger partial charge is 0.230 e. The molecular weight excluding hydrogens is 246 g/mol. The first-order valence-electron chi connectivity index (χ1n) is 6.28. The van der Waals surface area contributed by atoms with E-state index in [0.29, 0.717) is 5.75 Å². The van der Waals surface area contributed by atoms with Crippen LogP contribution in [0.15, 0.2) is 30.3 Å². The zero-order valence-corrected chi connectivity index (χ0v) is 11.6. The fourth-order valence-electron chi connectivity index (χ4n) is 1.55. The van der Waals surface area contributed by atoms with Crippen molar-refractivity contribution in [3.8, 4) is 0 Å². The van der Waals surface area contributed by atoms with E-state index >= 15 is 0 Å². The summed E-state index contributed by atoms with van der Waals surface area (Å²) in [5.74, 6) is 1.41. The third-order valence-electron chi connectivity index (χ3n) is 2.69. The van der Waals surface area contributed by atoms with E-state index in [-0.39, 0.29) is 18.6 Å². The second-order valence-corrected chi connectivity index (χ2v) is 5.25. The molecule has 1 rings (SSSR count). The van der Waals surface area contributed by atoms with Crippen molar-refractivity contribution >= 4 is 17.7 Å². The van der Waals surface area contributed by atoms with Gasteiger partial charge in [-0.2, -0.15) is 11.8 Å². The molecule has 0 saturated heterocycles. The molecule has 1 atom stereocenters. The Morgan fingerprint density at radius 3 is 2.72 bits per heavy atom. The topological polar surface area (TPSA) is 49.3 Å². The van der Waals surface area contributed by atoms with Gasteiger partial charge in [0, 0.05) is 0 Å². The van der Waals surface area contributed by atoms with Crippen molar-refractivity contribution < 1.29 is 9.90 Å². The van der Waals surface area contributed by atoms with E-state index < -0.39 is 0 Å². The van der Waals surface area contributed by atoms with Gasteiger partial charge < -0.3 is 10.4 Å². The Morgan fingerprint density at radius 1 is 1.39 bits per heavy atom. The molecule has 0 fully saturated rings. The molecule has 0 aliphatic rings. The molecule has 0 bridgehead atoms. The van der Waals surface area contributed by atoms with E-state index in [4.69, 9.17) is 5.11 Å². The maximum atomic E-state index is 11.5. The first kappa shape index (κ1) is 15.1. The van der Waals surface area contributed by atoms with Gasteiger partial charge in [0.2, 0.25) is 5.91 Å². The van der Waals surface area contributed by atoms with E-state index in [1.807, 2.05) is 25.1 Å². The van der Waals surface area contributed by atoms with Gasteiger partial charge in [-0.1, -0.05) is 37.3 Å². The summed E-state index contributed by atoms with van der Waals surface area (Å²) < 4.78 is 0. The molecule has 0 aliphatic carbocycles. The summed E-state index contributed by atoms with van der Waals surface area (Å²) in [4.78, 5) is 11.5. The maximum Gasteiger partial charge on any atom is 0.230 e. The van der Waals surface area contributed by atoms with Gasteiger partial charge in [0.05, 0.1) is 18.4 Å². The van der Waals surface area contributed by atoms with Crippen molar-refractivity contribution in [2.75, 3.05) is 18.1 Å². The maximum absolute atomic E-state index is 11.5. The minimum Gasteiger partial charge on any atom is -0.394 e. The molecule has 0 aromatic heterocycles. The monoisotopic (exact) mass is 267 g/mol. The lowest BCUT2D eigenvalue weighted by Crippen LogP contribution is -2.38. The number of aliphatic hydroxyl groups excluding tert-OH is 1. The second kappa shape index (κ2) is 9.00. The number of carbonyl (C=O) groups is 1. The van der Waals surface area contributed by atoms with Crippen LogP contribution in [-0.4, -0.2) is 35.2 Å². The average molecular weight is 267 g/mol. The van der Waals surface area contributed by atoms with Crippen LogP contribution < -0.4 is 5.32 Å². The number of hydrogen-bond donors (Lipinski definition) is 2. The molecular formula is C14H21NO2S. The molecule has 0 radical (unpaired) electrons. The highest BCUT2D eigenvalue weighted by Gasteiger charge is 2.08. The highest BCUT2D eigenvalue weighted by atomic mass is 32.2. The number of hydrogen-bond acceptors (Lipinski definition) is 3. The van der Waals surface area contributed by atoms with Crippen LogP contribution >= 0.6 is 11.8 Å². The summed E-state index contributed by atoms with van der Waals surface area (Å²) in [5.41, 5.74) is 1.30. The number of thioether (sulfide) groups is 1. The standard InChI is InChI=1S/C14H21NO2S/c1-2-13(10-16)15-14(17)11-18-9-8-12-6-4-3-5-7-12/h3-7,13,16H,2,8-11H2,1H3,(H,15,17)/t13-/m1/s1. The summed E-state index contributed by atoms with van der Waals surface area (Å²) >= 11 is 1.63. The molecule has 100 valence electrons. The lowest BCUT2D eigenvalue weighted by molar-refractivity contribution is -0.119. The Morgan fingerprint density at radius 2 is 2.11 bits per heavy atom. The quantitative estimate of drug-likeness (QED) is 0.707. The Balaban J connectivity index is 2.12. The lowest BCUT2D eigenvalue weighted by atomic mass is 10.2. The largest absolute Gasteiger partial charge is 0.394 e. The Kier molecular flexibility index (Phi) is 7.53. The summed E-state index contributed by atoms with van der Waals surface area (Å²) in [5, 5.41) is 11.8. The Labute approximate surface area is 113 Å². The van der Waals surface area contributed by atoms with Crippen LogP contribution in [0.25, 0.3) is 0 Å². The van der Waals surface area contributed by atoms with Crippen LogP contribution in [0.3, 0.4) is 0 Å². The molecule has 0 spiro atoms. The zero-order chi connectivity index (χ0) is 13.2. The molecule has 0 saturated carbocycles. The minimum absolute atomic E-state index is 0.00830. The van der Waals surface area contributed by atoms with Crippen molar-refractivity contribution in [1.82, 2.24) is 5.32 Å². The third kappa shape index (κ3) is 6.07. The highest BCUT2D eigenvalue weighted by Crippen LogP contribution is 2.06. The normalized spacial score (nSPS) is 12.1. The average Bonchev–Trinajstić information content (AvgIpc) is 2.42. The van der Waals surface area contributed by atoms with Crippen LogP contribution in [0.5, 0.6) is 0 Å². The van der Waals surface area contributed by atoms with E-state index in [1.54, 1.807) is 11.8 Å². The number of amides is 1. The summed E-state index contributed by atoms with van der Waals surface area (Å²) in [6, 6.07) is 10.1. The highest BCUT2D eigenvalue weighted by molar-refractivity contribution is 7.99. The number of aliphatic hydroxyl groups is 1. The zero-order valence-electron chi connectivity index (χ0n) is 10.8. The van der Waals surface area contributed by atoms with Gasteiger partial charge in [-0.05, 0) is 24.2 Å². The Hall–Kier alpha value is -1.00. The number of nitrogens with one attached hydrogen (secondary N) is 1. The molecule has 4 heteroatoms. The van der Waals surface area contributed by atoms with Gasteiger partial charge in [-0.25, -0.2) is 0 Å². The minimum atomic E-state index is -0.104. The van der Waals surface area contributed by atoms with E-state index in [0.717, 1.165) is 18.6 Å². The summed E-state index contributed by atoms with van der Waals surface area (Å²) in [6.07, 6.45) is 1.74. The number of aryl methyl sites for hydroxylation is 1. The lowest BCUT2D eigenvalue weighted by Gasteiger charge is -2.13. The Bertz CT molecular complexity index is 339. The van der Waals surface area contributed by atoms with Gasteiger partial charge in [0.25, 0.3) is 0 Å². The van der Waals surface area contributed by atoms with Crippen molar-refractivity contribution in [3.05, 3.63) is 35.9 Å². The number of rotatable bonds is 8. The molecule has 1 aromatic rings. The fourth-order valence-corrected chi connectivity index (χ4v) is 2.34. The van der Waals surface area contributed by atoms with Crippen molar-refractivity contribution in [3.63, 3.8) is 0 Å². The first-order valence-corrected chi connectivity index (χ1v) is 7.43. The molecule has 18 heavy (non-hydrogen) atoms. The van der Waals surface area contributed by atoms with Crippen LogP contribution in [0.2, 0.25) is 0 Å². The van der Waals surface area contributed by atoms with Gasteiger partial charge in [-0.3, -0.25) is 4.79 Å². The van der Waals surface area contributed by atoms with Crippen LogP contribution in [0.4, 0.5) is 0 Å². The first-order chi connectivity index (χ1) is 8.76. The molecule has 0 unspecified atom stereocenters. The van der Waals surface area contributed by atoms with Crippen LogP contribution in [0.1, 0.15) is 18.9 Å². The predicted molar refractivity (Wildman–Crippen MR) is 76.8 cm³/mol. The van der Waals surface area contributed by atoms with Crippen molar-refractivity contribution in [1.29, 1.82) is 0 Å². The van der Waals surface area contributed by atoms with E-state index in [2.05, 4.69) is 17.4 Å². The number of benzene rings is 1. The summed E-state index contributed by atoms with van der Waals surface area (Å²) in [7, 11) is 0. The molecule has 0 aliphatic heterocycles. The molecule has 1 aromatic carbocycles. The SMILES string of the molecule is CC[C@H](CO)NC(=O)CSCCc1ccccc1. The van der Waals surface area contributed by atoms with Gasteiger partial charge in [0.1, 0.15) is 0 Å². The van der Waals surface area contributed by atoms with E-state index in [1.165, 1.54) is 5.56 Å². The third-order valence-corrected chi connectivity index (χ3v) is 3.65. The van der Waals surface area contributed by atoms with Gasteiger partial charge in [0.15, 0.2) is 0 Å². The van der Waals surface area contributed by atoms with E-state index in [9.17, 15) is 4.79 Å². The second-order valence-electron chi connectivity index (χ2n) is 4.14. The van der Waals surface area contributed by atoms with Crippen LogP contribution in [-0.2, 0) is 11.2 Å². The predicted octanol–water partition coefficient (Wildman–Crippen LogP) is 1.85. The summed E-state index contributed by atoms with van der Waals surface area (Å²) in [6.45, 7) is 1.96. The van der Waals surface area contributed by atoms with Crippen molar-refractivity contribution in [2.24, 2.45) is 0 Å². The fraction of sp³-hybridized carbons (Fsp3) is 0.500. The molecule has 0 heterocycles. The van der Waals surface area contributed by atoms with Gasteiger partial charge in [-0.15, -0.1) is 0 Å². The van der Waals surface area contributed by atoms with Crippen molar-refractivity contribution in [2.45, 2.75) is 25.8 Å². The molecule has 1 amide bonds. The van der Waals surface area contributed by atoms with Gasteiger partial charge >= 0.3 is 0 Å². The molecule has 3 nitrogen and oxygen atoms in total. The van der Waals surface area contributed by atoms with Crippen LogP contribution in [0, 0.1) is 0 Å². The molecule has 2 N–H and O–H groups in total.